The van der Waals surface area contributed by atoms with Crippen LogP contribution in [0.25, 0.3) is 0 Å². The van der Waals surface area contributed by atoms with E-state index in [1.54, 1.807) is 4.90 Å². The van der Waals surface area contributed by atoms with E-state index in [1.807, 2.05) is 30.0 Å². The van der Waals surface area contributed by atoms with Crippen LogP contribution in [0.3, 0.4) is 0 Å². The van der Waals surface area contributed by atoms with Crippen molar-refractivity contribution in [2.24, 2.45) is 0 Å². The number of anilines is 2. The third-order valence-electron chi connectivity index (χ3n) is 6.14. The van der Waals surface area contributed by atoms with E-state index in [1.165, 1.54) is 0 Å². The number of benzene rings is 1. The van der Waals surface area contributed by atoms with Crippen LogP contribution in [0.2, 0.25) is 0 Å². The highest BCUT2D eigenvalue weighted by Gasteiger charge is 2.40. The Balaban J connectivity index is 1.67. The van der Waals surface area contributed by atoms with Gasteiger partial charge in [0.1, 0.15) is 12.6 Å². The second-order valence-electron chi connectivity index (χ2n) is 8.18. The number of nitrogens with zero attached hydrogens (tertiary/aromatic N) is 3. The summed E-state index contributed by atoms with van der Waals surface area (Å²) in [4.78, 5) is 44.2. The summed E-state index contributed by atoms with van der Waals surface area (Å²) in [6, 6.07) is 5.43. The average Bonchev–Trinajstić information content (AvgIpc) is 3.29. The fourth-order valence-corrected chi connectivity index (χ4v) is 4.62. The first-order valence-electron chi connectivity index (χ1n) is 10.9. The molecule has 0 aromatic heterocycles. The second kappa shape index (κ2) is 8.43. The van der Waals surface area contributed by atoms with Crippen molar-refractivity contribution in [1.29, 1.82) is 0 Å². The van der Waals surface area contributed by atoms with Crippen molar-refractivity contribution < 1.29 is 14.4 Å². The van der Waals surface area contributed by atoms with Crippen molar-refractivity contribution in [1.82, 2.24) is 10.2 Å². The van der Waals surface area contributed by atoms with Crippen molar-refractivity contribution in [3.05, 3.63) is 23.8 Å². The first kappa shape index (κ1) is 19.7. The number of carbonyl (C=O) groups excluding carboxylic acids is 3. The van der Waals surface area contributed by atoms with Crippen LogP contribution in [0, 0.1) is 0 Å². The molecule has 2 fully saturated rings. The SMILES string of the molecule is CCCNC(=O)CN1C(=O)C2CCCCN2c2ccc(C(=O)N3CCCC3)cc21. The minimum Gasteiger partial charge on any atom is -0.358 e. The van der Waals surface area contributed by atoms with Gasteiger partial charge in [0.15, 0.2) is 0 Å². The maximum atomic E-state index is 13.3. The van der Waals surface area contributed by atoms with Gasteiger partial charge in [0.2, 0.25) is 11.8 Å². The molecule has 3 amide bonds. The molecule has 1 atom stereocenters. The van der Waals surface area contributed by atoms with Crippen LogP contribution in [-0.2, 0) is 9.59 Å². The molecule has 29 heavy (non-hydrogen) atoms. The number of hydrogen-bond acceptors (Lipinski definition) is 4. The highest BCUT2D eigenvalue weighted by molar-refractivity contribution is 6.09. The molecule has 1 aromatic carbocycles. The van der Waals surface area contributed by atoms with Gasteiger partial charge in [0.25, 0.3) is 5.91 Å². The van der Waals surface area contributed by atoms with Gasteiger partial charge in [-0.3, -0.25) is 19.3 Å². The molecule has 0 spiro atoms. The normalized spacial score (nSPS) is 21.1. The van der Waals surface area contributed by atoms with Crippen molar-refractivity contribution >= 4 is 29.1 Å². The van der Waals surface area contributed by atoms with E-state index >= 15 is 0 Å². The smallest absolute Gasteiger partial charge is 0.253 e. The van der Waals surface area contributed by atoms with E-state index in [0.717, 1.165) is 63.8 Å². The lowest BCUT2D eigenvalue weighted by Gasteiger charge is -2.45. The molecule has 1 N–H and O–H groups in total. The van der Waals surface area contributed by atoms with Gasteiger partial charge >= 0.3 is 0 Å². The molecule has 0 aliphatic carbocycles. The van der Waals surface area contributed by atoms with E-state index in [-0.39, 0.29) is 30.3 Å². The minimum atomic E-state index is -0.213. The lowest BCUT2D eigenvalue weighted by atomic mass is 9.95. The summed E-state index contributed by atoms with van der Waals surface area (Å²) in [6.45, 7) is 4.99. The quantitative estimate of drug-likeness (QED) is 0.825. The van der Waals surface area contributed by atoms with Crippen molar-refractivity contribution in [3.63, 3.8) is 0 Å². The van der Waals surface area contributed by atoms with E-state index in [2.05, 4.69) is 10.2 Å². The van der Waals surface area contributed by atoms with Crippen LogP contribution in [0.4, 0.5) is 11.4 Å². The van der Waals surface area contributed by atoms with E-state index < -0.39 is 0 Å². The van der Waals surface area contributed by atoms with Gasteiger partial charge in [0.05, 0.1) is 11.4 Å². The van der Waals surface area contributed by atoms with Gasteiger partial charge in [-0.25, -0.2) is 0 Å². The molecule has 156 valence electrons. The van der Waals surface area contributed by atoms with Gasteiger partial charge in [-0.15, -0.1) is 0 Å². The fraction of sp³-hybridized carbons (Fsp3) is 0.591. The Morgan fingerprint density at radius 1 is 1.07 bits per heavy atom. The highest BCUT2D eigenvalue weighted by atomic mass is 16.2. The molecular formula is C22H30N4O3. The summed E-state index contributed by atoms with van der Waals surface area (Å²) < 4.78 is 0. The topological polar surface area (TPSA) is 73.0 Å². The monoisotopic (exact) mass is 398 g/mol. The Labute approximate surface area is 172 Å². The van der Waals surface area contributed by atoms with Crippen LogP contribution < -0.4 is 15.1 Å². The largest absolute Gasteiger partial charge is 0.358 e. The van der Waals surface area contributed by atoms with Gasteiger partial charge < -0.3 is 15.1 Å². The molecule has 3 heterocycles. The predicted octanol–water partition coefficient (Wildman–Crippen LogP) is 2.15. The minimum absolute atomic E-state index is 0.00245. The molecule has 1 aromatic rings. The number of amides is 3. The summed E-state index contributed by atoms with van der Waals surface area (Å²) in [5.74, 6) is -0.185. The van der Waals surface area contributed by atoms with Crippen molar-refractivity contribution in [2.45, 2.75) is 51.5 Å². The number of rotatable bonds is 5. The van der Waals surface area contributed by atoms with Crippen LogP contribution in [0.1, 0.15) is 55.8 Å². The molecule has 0 saturated carbocycles. The zero-order valence-electron chi connectivity index (χ0n) is 17.2. The van der Waals surface area contributed by atoms with Crippen LogP contribution in [0.15, 0.2) is 18.2 Å². The van der Waals surface area contributed by atoms with Crippen LogP contribution >= 0.6 is 0 Å². The molecule has 0 radical (unpaired) electrons. The molecule has 2 saturated heterocycles. The first-order valence-corrected chi connectivity index (χ1v) is 10.9. The first-order chi connectivity index (χ1) is 14.1. The number of hydrogen-bond donors (Lipinski definition) is 1. The molecular weight excluding hydrogens is 368 g/mol. The van der Waals surface area contributed by atoms with Gasteiger partial charge in [-0.05, 0) is 56.7 Å². The number of likely N-dealkylation sites (tertiary alicyclic amines) is 1. The highest BCUT2D eigenvalue weighted by Crippen LogP contribution is 2.40. The number of carbonyl (C=O) groups is 3. The molecule has 1 unspecified atom stereocenters. The van der Waals surface area contributed by atoms with E-state index in [0.29, 0.717) is 17.8 Å². The third-order valence-corrected chi connectivity index (χ3v) is 6.14. The maximum Gasteiger partial charge on any atom is 0.253 e. The average molecular weight is 399 g/mol. The van der Waals surface area contributed by atoms with Crippen LogP contribution in [-0.4, -0.2) is 61.4 Å². The van der Waals surface area contributed by atoms with Crippen LogP contribution in [0.5, 0.6) is 0 Å². The molecule has 4 rings (SSSR count). The predicted molar refractivity (Wildman–Crippen MR) is 112 cm³/mol. The fourth-order valence-electron chi connectivity index (χ4n) is 4.62. The van der Waals surface area contributed by atoms with Gasteiger partial charge in [-0.2, -0.15) is 0 Å². The molecule has 0 bridgehead atoms. The Kier molecular flexibility index (Phi) is 5.74. The zero-order chi connectivity index (χ0) is 20.4. The molecule has 3 aliphatic rings. The van der Waals surface area contributed by atoms with E-state index in [9.17, 15) is 14.4 Å². The molecule has 7 heteroatoms. The Hall–Kier alpha value is -2.57. The van der Waals surface area contributed by atoms with Crippen molar-refractivity contribution in [3.8, 4) is 0 Å². The summed E-state index contributed by atoms with van der Waals surface area (Å²) in [6.07, 6.45) is 5.79. The summed E-state index contributed by atoms with van der Waals surface area (Å²) in [7, 11) is 0. The second-order valence-corrected chi connectivity index (χ2v) is 8.18. The lowest BCUT2D eigenvalue weighted by Crippen LogP contribution is -2.57. The third kappa shape index (κ3) is 3.82. The Bertz CT molecular complexity index is 803. The number of fused-ring (bicyclic) bond motifs is 3. The lowest BCUT2D eigenvalue weighted by molar-refractivity contribution is -0.125. The summed E-state index contributed by atoms with van der Waals surface area (Å²) in [5, 5.41) is 2.86. The van der Waals surface area contributed by atoms with Gasteiger partial charge in [0, 0.05) is 31.7 Å². The standard InChI is InChI=1S/C22H30N4O3/c1-2-10-23-20(27)15-26-19-14-16(21(28)24-11-5-6-12-24)8-9-17(19)25-13-4-3-7-18(25)22(26)29/h8-9,14,18H,2-7,10-13,15H2,1H3,(H,23,27). The van der Waals surface area contributed by atoms with Gasteiger partial charge in [-0.1, -0.05) is 6.92 Å². The molecule has 3 aliphatic heterocycles. The Morgan fingerprint density at radius 3 is 2.59 bits per heavy atom. The maximum absolute atomic E-state index is 13.3. The summed E-state index contributed by atoms with van der Waals surface area (Å²) in [5.41, 5.74) is 2.23. The zero-order valence-corrected chi connectivity index (χ0v) is 17.2. The van der Waals surface area contributed by atoms with Crippen molar-refractivity contribution in [2.75, 3.05) is 42.5 Å². The summed E-state index contributed by atoms with van der Waals surface area (Å²) >= 11 is 0. The number of nitrogens with one attached hydrogen (secondary N) is 1. The molecule has 7 nitrogen and oxygen atoms in total. The van der Waals surface area contributed by atoms with E-state index in [4.69, 9.17) is 0 Å². The number of piperidine rings is 1. The Morgan fingerprint density at radius 2 is 1.83 bits per heavy atom.